The van der Waals surface area contributed by atoms with Crippen LogP contribution in [-0.4, -0.2) is 33.0 Å². The van der Waals surface area contributed by atoms with Crippen LogP contribution in [0.25, 0.3) is 22.5 Å². The van der Waals surface area contributed by atoms with E-state index in [2.05, 4.69) is 25.3 Å². The van der Waals surface area contributed by atoms with Crippen LogP contribution < -0.4 is 10.1 Å². The third kappa shape index (κ3) is 4.73. The van der Waals surface area contributed by atoms with Gasteiger partial charge in [0.1, 0.15) is 5.69 Å². The van der Waals surface area contributed by atoms with Crippen molar-refractivity contribution in [3.63, 3.8) is 0 Å². The summed E-state index contributed by atoms with van der Waals surface area (Å²) < 4.78 is 5.27. The van der Waals surface area contributed by atoms with Crippen LogP contribution in [0.5, 0.6) is 5.88 Å². The lowest BCUT2D eigenvalue weighted by atomic mass is 10.0. The van der Waals surface area contributed by atoms with E-state index < -0.39 is 0 Å². The van der Waals surface area contributed by atoms with Gasteiger partial charge in [-0.15, -0.1) is 0 Å². The number of carbonyl (C=O) groups is 1. The molecule has 0 radical (unpaired) electrons. The molecular weight excluding hydrogens is 426 g/mol. The third-order valence-electron chi connectivity index (χ3n) is 4.81. The standard InChI is InChI=1S/C24H20ClN5O2/c1-15-6-7-19(30-24(15)32-2)14-29-23(31)20-10-17(16-9-18(25)13-26-11-16)12-28-22(20)21-5-3-4-8-27-21/h3-13H,14H2,1-2H3,(H,29,31). The van der Waals surface area contributed by atoms with Crippen molar-refractivity contribution in [1.29, 1.82) is 0 Å². The first-order valence-electron chi connectivity index (χ1n) is 9.86. The van der Waals surface area contributed by atoms with Crippen LogP contribution in [0.4, 0.5) is 0 Å². The van der Waals surface area contributed by atoms with Crippen molar-refractivity contribution in [2.75, 3.05) is 7.11 Å². The Balaban J connectivity index is 1.68. The lowest BCUT2D eigenvalue weighted by molar-refractivity contribution is 0.0950. The van der Waals surface area contributed by atoms with E-state index in [9.17, 15) is 4.79 Å². The van der Waals surface area contributed by atoms with Gasteiger partial charge in [-0.05, 0) is 37.3 Å². The summed E-state index contributed by atoms with van der Waals surface area (Å²) in [5.74, 6) is 0.236. The highest BCUT2D eigenvalue weighted by Crippen LogP contribution is 2.27. The largest absolute Gasteiger partial charge is 0.481 e. The summed E-state index contributed by atoms with van der Waals surface area (Å²) in [4.78, 5) is 30.6. The maximum Gasteiger partial charge on any atom is 0.253 e. The maximum atomic E-state index is 13.2. The highest BCUT2D eigenvalue weighted by Gasteiger charge is 2.17. The van der Waals surface area contributed by atoms with Crippen LogP contribution in [0.15, 0.2) is 67.3 Å². The lowest BCUT2D eigenvalue weighted by Gasteiger charge is -2.12. The number of carbonyl (C=O) groups excluding carboxylic acids is 1. The number of nitrogens with zero attached hydrogens (tertiary/aromatic N) is 4. The number of nitrogens with one attached hydrogen (secondary N) is 1. The average molecular weight is 446 g/mol. The van der Waals surface area contributed by atoms with E-state index >= 15 is 0 Å². The maximum absolute atomic E-state index is 13.2. The summed E-state index contributed by atoms with van der Waals surface area (Å²) in [5, 5.41) is 3.42. The van der Waals surface area contributed by atoms with Crippen molar-refractivity contribution in [3.05, 3.63) is 89.1 Å². The minimum atomic E-state index is -0.295. The fourth-order valence-electron chi connectivity index (χ4n) is 3.19. The molecule has 0 unspecified atom stereocenters. The van der Waals surface area contributed by atoms with E-state index in [1.54, 1.807) is 44.0 Å². The first-order valence-corrected chi connectivity index (χ1v) is 10.2. The van der Waals surface area contributed by atoms with Gasteiger partial charge in [-0.1, -0.05) is 23.7 Å². The molecular formula is C24H20ClN5O2. The molecule has 0 bridgehead atoms. The molecule has 0 atom stereocenters. The number of halogens is 1. The summed E-state index contributed by atoms with van der Waals surface area (Å²) in [7, 11) is 1.57. The molecule has 1 N–H and O–H groups in total. The molecule has 32 heavy (non-hydrogen) atoms. The van der Waals surface area contributed by atoms with Gasteiger partial charge in [0.2, 0.25) is 5.88 Å². The van der Waals surface area contributed by atoms with Crippen molar-refractivity contribution in [2.24, 2.45) is 0 Å². The highest BCUT2D eigenvalue weighted by molar-refractivity contribution is 6.30. The summed E-state index contributed by atoms with van der Waals surface area (Å²) in [5.41, 5.74) is 4.56. The molecule has 0 saturated carbocycles. The van der Waals surface area contributed by atoms with Gasteiger partial charge >= 0.3 is 0 Å². The summed E-state index contributed by atoms with van der Waals surface area (Å²) in [6.07, 6.45) is 6.57. The fourth-order valence-corrected chi connectivity index (χ4v) is 3.37. The number of ether oxygens (including phenoxy) is 1. The van der Waals surface area contributed by atoms with Gasteiger partial charge in [0, 0.05) is 41.5 Å². The molecule has 0 fully saturated rings. The van der Waals surface area contributed by atoms with Gasteiger partial charge in [-0.2, -0.15) is 0 Å². The minimum Gasteiger partial charge on any atom is -0.481 e. The second-order valence-corrected chi connectivity index (χ2v) is 7.47. The Morgan fingerprint density at radius 2 is 1.91 bits per heavy atom. The Morgan fingerprint density at radius 1 is 1.06 bits per heavy atom. The van der Waals surface area contributed by atoms with E-state index in [0.29, 0.717) is 33.5 Å². The van der Waals surface area contributed by atoms with Crippen molar-refractivity contribution < 1.29 is 9.53 Å². The molecule has 4 rings (SSSR count). The van der Waals surface area contributed by atoms with Gasteiger partial charge in [0.15, 0.2) is 0 Å². The molecule has 0 aliphatic heterocycles. The quantitative estimate of drug-likeness (QED) is 0.470. The van der Waals surface area contributed by atoms with E-state index in [0.717, 1.165) is 16.7 Å². The zero-order valence-electron chi connectivity index (χ0n) is 17.5. The molecule has 0 spiro atoms. The van der Waals surface area contributed by atoms with Crippen LogP contribution in [-0.2, 0) is 6.54 Å². The van der Waals surface area contributed by atoms with Crippen LogP contribution in [0.1, 0.15) is 21.6 Å². The van der Waals surface area contributed by atoms with E-state index in [1.165, 1.54) is 0 Å². The molecule has 0 aliphatic carbocycles. The predicted molar refractivity (Wildman–Crippen MR) is 122 cm³/mol. The van der Waals surface area contributed by atoms with E-state index in [1.807, 2.05) is 37.3 Å². The normalized spacial score (nSPS) is 10.6. The molecule has 0 saturated heterocycles. The Hall–Kier alpha value is -3.84. The summed E-state index contributed by atoms with van der Waals surface area (Å²) >= 11 is 6.09. The van der Waals surface area contributed by atoms with Crippen LogP contribution in [0, 0.1) is 6.92 Å². The summed E-state index contributed by atoms with van der Waals surface area (Å²) in [6.45, 7) is 2.15. The minimum absolute atomic E-state index is 0.236. The second-order valence-electron chi connectivity index (χ2n) is 7.04. The number of rotatable bonds is 6. The molecule has 4 aromatic heterocycles. The van der Waals surface area contributed by atoms with Crippen molar-refractivity contribution in [1.82, 2.24) is 25.3 Å². The number of aryl methyl sites for hydroxylation is 1. The topological polar surface area (TPSA) is 89.9 Å². The number of hydrogen-bond donors (Lipinski definition) is 1. The summed E-state index contributed by atoms with van der Waals surface area (Å²) in [6, 6.07) is 12.8. The smallest absolute Gasteiger partial charge is 0.253 e. The predicted octanol–water partition coefficient (Wildman–Crippen LogP) is 4.50. The molecule has 7 nitrogen and oxygen atoms in total. The van der Waals surface area contributed by atoms with Gasteiger partial charge in [-0.25, -0.2) is 4.98 Å². The van der Waals surface area contributed by atoms with Crippen molar-refractivity contribution in [2.45, 2.75) is 13.5 Å². The Morgan fingerprint density at radius 3 is 2.66 bits per heavy atom. The van der Waals surface area contributed by atoms with Crippen molar-refractivity contribution in [3.8, 4) is 28.4 Å². The van der Waals surface area contributed by atoms with Crippen LogP contribution in [0.2, 0.25) is 5.02 Å². The first kappa shape index (κ1) is 21.4. The fraction of sp³-hybridized carbons (Fsp3) is 0.125. The van der Waals surface area contributed by atoms with Crippen LogP contribution >= 0.6 is 11.6 Å². The molecule has 4 heterocycles. The van der Waals surface area contributed by atoms with Crippen LogP contribution in [0.3, 0.4) is 0 Å². The zero-order valence-corrected chi connectivity index (χ0v) is 18.3. The average Bonchev–Trinajstić information content (AvgIpc) is 2.83. The Bertz CT molecular complexity index is 1260. The van der Waals surface area contributed by atoms with Crippen molar-refractivity contribution >= 4 is 17.5 Å². The number of methoxy groups -OCH3 is 1. The molecule has 0 aromatic carbocycles. The van der Waals surface area contributed by atoms with E-state index in [-0.39, 0.29) is 12.5 Å². The molecule has 1 amide bonds. The van der Waals surface area contributed by atoms with Gasteiger partial charge in [0.25, 0.3) is 5.91 Å². The Kier molecular flexibility index (Phi) is 6.37. The number of pyridine rings is 4. The molecule has 160 valence electrons. The monoisotopic (exact) mass is 445 g/mol. The highest BCUT2D eigenvalue weighted by atomic mass is 35.5. The lowest BCUT2D eigenvalue weighted by Crippen LogP contribution is -2.24. The SMILES string of the molecule is COc1nc(CNC(=O)c2cc(-c3cncc(Cl)c3)cnc2-c2ccccn2)ccc1C. The van der Waals surface area contributed by atoms with Gasteiger partial charge < -0.3 is 10.1 Å². The second kappa shape index (κ2) is 9.53. The van der Waals surface area contributed by atoms with E-state index in [4.69, 9.17) is 16.3 Å². The zero-order chi connectivity index (χ0) is 22.5. The third-order valence-corrected chi connectivity index (χ3v) is 5.02. The van der Waals surface area contributed by atoms with Gasteiger partial charge in [0.05, 0.1) is 35.6 Å². The Labute approximate surface area is 190 Å². The number of amides is 1. The number of hydrogen-bond acceptors (Lipinski definition) is 6. The molecule has 0 aliphatic rings. The van der Waals surface area contributed by atoms with Gasteiger partial charge in [-0.3, -0.25) is 19.7 Å². The first-order chi connectivity index (χ1) is 15.5. The number of aromatic nitrogens is 4. The molecule has 8 heteroatoms. The molecule has 4 aromatic rings.